The number of hydrogen-bond donors (Lipinski definition) is 1. The predicted octanol–water partition coefficient (Wildman–Crippen LogP) is 2.63. The lowest BCUT2D eigenvalue weighted by atomic mass is 9.99. The van der Waals surface area contributed by atoms with E-state index in [1.165, 1.54) is 0 Å². The summed E-state index contributed by atoms with van der Waals surface area (Å²) in [5.74, 6) is 0.801. The van der Waals surface area contributed by atoms with E-state index >= 15 is 0 Å². The lowest BCUT2D eigenvalue weighted by molar-refractivity contribution is -0.134. The molecule has 22 heavy (non-hydrogen) atoms. The molecule has 2 aliphatic rings. The number of rotatable bonds is 4. The van der Waals surface area contributed by atoms with Gasteiger partial charge in [-0.2, -0.15) is 0 Å². The first-order valence-corrected chi connectivity index (χ1v) is 8.45. The van der Waals surface area contributed by atoms with Crippen molar-refractivity contribution < 1.29 is 9.53 Å². The lowest BCUT2D eigenvalue weighted by Crippen LogP contribution is -2.48. The minimum Gasteiger partial charge on any atom is -0.381 e. The van der Waals surface area contributed by atoms with E-state index in [0.717, 1.165) is 56.3 Å². The molecule has 0 bridgehead atoms. The summed E-state index contributed by atoms with van der Waals surface area (Å²) in [4.78, 5) is 14.7. The molecule has 2 saturated heterocycles. The van der Waals surface area contributed by atoms with Crippen molar-refractivity contribution in [2.24, 2.45) is 5.92 Å². The highest BCUT2D eigenvalue weighted by Crippen LogP contribution is 2.26. The first-order valence-electron chi connectivity index (χ1n) is 8.07. The summed E-state index contributed by atoms with van der Waals surface area (Å²) in [5, 5.41) is 4.10. The van der Waals surface area contributed by atoms with Crippen molar-refractivity contribution in [1.29, 1.82) is 0 Å². The molecule has 1 N–H and O–H groups in total. The largest absolute Gasteiger partial charge is 0.381 e. The molecule has 2 aliphatic heterocycles. The number of nitrogens with zero attached hydrogens (tertiary/aromatic N) is 1. The van der Waals surface area contributed by atoms with E-state index in [0.29, 0.717) is 12.3 Å². The topological polar surface area (TPSA) is 41.6 Å². The van der Waals surface area contributed by atoms with Gasteiger partial charge in [-0.1, -0.05) is 23.7 Å². The molecular formula is C17H23ClN2O2. The lowest BCUT2D eigenvalue weighted by Gasteiger charge is -2.37. The fourth-order valence-electron chi connectivity index (χ4n) is 3.30. The van der Waals surface area contributed by atoms with E-state index < -0.39 is 0 Å². The monoisotopic (exact) mass is 322 g/mol. The first-order chi connectivity index (χ1) is 10.7. The van der Waals surface area contributed by atoms with Gasteiger partial charge in [0.1, 0.15) is 0 Å². The zero-order valence-electron chi connectivity index (χ0n) is 12.8. The van der Waals surface area contributed by atoms with Crippen molar-refractivity contribution in [3.05, 3.63) is 34.9 Å². The van der Waals surface area contributed by atoms with Gasteiger partial charge >= 0.3 is 0 Å². The number of carbonyl (C=O) groups is 1. The Labute approximate surface area is 136 Å². The molecule has 2 unspecified atom stereocenters. The number of carbonyl (C=O) groups excluding carboxylic acids is 1. The van der Waals surface area contributed by atoms with Crippen LogP contribution in [0.2, 0.25) is 5.02 Å². The Hall–Kier alpha value is -1.10. The zero-order valence-corrected chi connectivity index (χ0v) is 13.5. The molecule has 2 fully saturated rings. The van der Waals surface area contributed by atoms with Crippen molar-refractivity contribution in [2.75, 3.05) is 32.8 Å². The fraction of sp³-hybridized carbons (Fsp3) is 0.588. The van der Waals surface area contributed by atoms with Crippen LogP contribution in [-0.4, -0.2) is 43.7 Å². The van der Waals surface area contributed by atoms with Gasteiger partial charge in [0.25, 0.3) is 0 Å². The molecule has 1 aromatic rings. The van der Waals surface area contributed by atoms with Gasteiger partial charge in [0.05, 0.1) is 6.04 Å². The molecule has 120 valence electrons. The summed E-state index contributed by atoms with van der Waals surface area (Å²) in [6.07, 6.45) is 2.64. The molecule has 1 amide bonds. The Morgan fingerprint density at radius 3 is 3.14 bits per heavy atom. The third-order valence-electron chi connectivity index (χ3n) is 4.59. The summed E-state index contributed by atoms with van der Waals surface area (Å²) in [6, 6.07) is 7.91. The molecular weight excluding hydrogens is 300 g/mol. The summed E-state index contributed by atoms with van der Waals surface area (Å²) in [6.45, 7) is 4.06. The third kappa shape index (κ3) is 3.80. The first kappa shape index (κ1) is 15.8. The van der Waals surface area contributed by atoms with E-state index in [1.807, 2.05) is 23.1 Å². The van der Waals surface area contributed by atoms with E-state index in [2.05, 4.69) is 11.4 Å². The van der Waals surface area contributed by atoms with Gasteiger partial charge in [-0.25, -0.2) is 0 Å². The third-order valence-corrected chi connectivity index (χ3v) is 4.82. The maximum absolute atomic E-state index is 12.6. The minimum absolute atomic E-state index is 0.0831. The van der Waals surface area contributed by atoms with E-state index in [4.69, 9.17) is 16.3 Å². The summed E-state index contributed by atoms with van der Waals surface area (Å²) < 4.78 is 5.39. The highest BCUT2D eigenvalue weighted by atomic mass is 35.5. The number of halogens is 1. The molecule has 0 radical (unpaired) electrons. The van der Waals surface area contributed by atoms with E-state index in [-0.39, 0.29) is 11.9 Å². The normalized spacial score (nSPS) is 25.4. The van der Waals surface area contributed by atoms with Crippen LogP contribution in [0.1, 0.15) is 30.9 Å². The second kappa shape index (κ2) is 7.44. The highest BCUT2D eigenvalue weighted by Gasteiger charge is 2.28. The highest BCUT2D eigenvalue weighted by molar-refractivity contribution is 6.30. The minimum atomic E-state index is 0.0831. The second-order valence-electron chi connectivity index (χ2n) is 6.13. The average molecular weight is 323 g/mol. The van der Waals surface area contributed by atoms with Crippen molar-refractivity contribution in [3.63, 3.8) is 0 Å². The van der Waals surface area contributed by atoms with Crippen LogP contribution in [0, 0.1) is 5.92 Å². The van der Waals surface area contributed by atoms with Crippen molar-refractivity contribution >= 4 is 17.5 Å². The molecule has 2 heterocycles. The van der Waals surface area contributed by atoms with Gasteiger partial charge < -0.3 is 15.0 Å². The van der Waals surface area contributed by atoms with Crippen LogP contribution in [0.4, 0.5) is 0 Å². The molecule has 0 aliphatic carbocycles. The van der Waals surface area contributed by atoms with Gasteiger partial charge in [0, 0.05) is 44.3 Å². The fourth-order valence-corrected chi connectivity index (χ4v) is 3.50. The van der Waals surface area contributed by atoms with Crippen molar-refractivity contribution in [1.82, 2.24) is 10.2 Å². The molecule has 5 heteroatoms. The number of piperazine rings is 1. The van der Waals surface area contributed by atoms with Crippen LogP contribution in [0.5, 0.6) is 0 Å². The summed E-state index contributed by atoms with van der Waals surface area (Å²) >= 11 is 6.10. The Bertz CT molecular complexity index is 517. The van der Waals surface area contributed by atoms with Gasteiger partial charge in [0.15, 0.2) is 0 Å². The Balaban J connectivity index is 1.65. The number of amides is 1. The molecule has 4 nitrogen and oxygen atoms in total. The van der Waals surface area contributed by atoms with Gasteiger partial charge in [-0.15, -0.1) is 0 Å². The summed E-state index contributed by atoms with van der Waals surface area (Å²) in [7, 11) is 0. The number of benzene rings is 1. The SMILES string of the molecule is O=C(CCC1CCOC1)N1CCNCC1c1cccc(Cl)c1. The van der Waals surface area contributed by atoms with Crippen molar-refractivity contribution in [3.8, 4) is 0 Å². The Morgan fingerprint density at radius 1 is 1.45 bits per heavy atom. The Kier molecular flexibility index (Phi) is 5.34. The molecule has 0 saturated carbocycles. The smallest absolute Gasteiger partial charge is 0.223 e. The standard InChI is InChI=1S/C17H23ClN2O2/c18-15-3-1-2-14(10-15)16-11-19-7-8-20(16)17(21)5-4-13-6-9-22-12-13/h1-3,10,13,16,19H,4-9,11-12H2. The molecule has 0 aromatic heterocycles. The second-order valence-corrected chi connectivity index (χ2v) is 6.57. The summed E-state index contributed by atoms with van der Waals surface area (Å²) in [5.41, 5.74) is 1.11. The maximum Gasteiger partial charge on any atom is 0.223 e. The molecule has 2 atom stereocenters. The van der Waals surface area contributed by atoms with E-state index in [1.54, 1.807) is 0 Å². The maximum atomic E-state index is 12.6. The number of ether oxygens (including phenoxy) is 1. The van der Waals surface area contributed by atoms with Gasteiger partial charge in [0.2, 0.25) is 5.91 Å². The zero-order chi connectivity index (χ0) is 15.4. The quantitative estimate of drug-likeness (QED) is 0.926. The molecule has 3 rings (SSSR count). The van der Waals surface area contributed by atoms with Crippen LogP contribution >= 0.6 is 11.6 Å². The number of nitrogens with one attached hydrogen (secondary N) is 1. The van der Waals surface area contributed by atoms with Crippen LogP contribution < -0.4 is 5.32 Å². The van der Waals surface area contributed by atoms with Gasteiger partial charge in [-0.05, 0) is 36.5 Å². The van der Waals surface area contributed by atoms with Crippen LogP contribution in [0.25, 0.3) is 0 Å². The molecule has 1 aromatic carbocycles. The van der Waals surface area contributed by atoms with Crippen LogP contribution in [-0.2, 0) is 9.53 Å². The van der Waals surface area contributed by atoms with Crippen LogP contribution in [0.3, 0.4) is 0 Å². The van der Waals surface area contributed by atoms with Gasteiger partial charge in [-0.3, -0.25) is 4.79 Å². The number of hydrogen-bond acceptors (Lipinski definition) is 3. The van der Waals surface area contributed by atoms with Crippen molar-refractivity contribution in [2.45, 2.75) is 25.3 Å². The Morgan fingerprint density at radius 2 is 2.36 bits per heavy atom. The predicted molar refractivity (Wildman–Crippen MR) is 86.9 cm³/mol. The van der Waals surface area contributed by atoms with Crippen LogP contribution in [0.15, 0.2) is 24.3 Å². The van der Waals surface area contributed by atoms with E-state index in [9.17, 15) is 4.79 Å². The average Bonchev–Trinajstić information content (AvgIpc) is 3.06. The molecule has 0 spiro atoms.